The maximum atomic E-state index is 13.4. The topological polar surface area (TPSA) is 26.5 Å². The minimum Gasteiger partial charge on any atom is -0.497 e. The minimum absolute atomic E-state index is 0.278. The number of hydrogen-bond donors (Lipinski definition) is 0. The number of aromatic nitrogens is 2. The number of nitrogens with zero attached hydrogens (tertiary/aromatic N) is 2. The first kappa shape index (κ1) is 11.7. The molecule has 0 atom stereocenters. The second-order valence-corrected chi connectivity index (χ2v) is 4.35. The summed E-state index contributed by atoms with van der Waals surface area (Å²) < 4.78 is 20.3. The number of imidazole rings is 1. The molecule has 0 aliphatic heterocycles. The van der Waals surface area contributed by atoms with Crippen LogP contribution in [0.2, 0.25) is 0 Å². The van der Waals surface area contributed by atoms with E-state index in [1.54, 1.807) is 17.6 Å². The Bertz CT molecular complexity index is 732. The van der Waals surface area contributed by atoms with Gasteiger partial charge in [0.25, 0.3) is 0 Å². The average molecular weight is 256 g/mol. The van der Waals surface area contributed by atoms with E-state index in [0.717, 1.165) is 28.3 Å². The lowest BCUT2D eigenvalue weighted by molar-refractivity contribution is 0.415. The van der Waals surface area contributed by atoms with Crippen molar-refractivity contribution in [2.75, 3.05) is 7.11 Å². The molecule has 0 aliphatic rings. The van der Waals surface area contributed by atoms with Crippen LogP contribution in [-0.4, -0.2) is 16.5 Å². The van der Waals surface area contributed by atoms with Gasteiger partial charge in [-0.2, -0.15) is 0 Å². The Labute approximate surface area is 110 Å². The molecule has 0 unspecified atom stereocenters. The molecule has 0 saturated carbocycles. The van der Waals surface area contributed by atoms with Crippen molar-refractivity contribution in [1.82, 2.24) is 9.38 Å². The number of ether oxygens (including phenoxy) is 1. The average Bonchev–Trinajstić information content (AvgIpc) is 2.74. The summed E-state index contributed by atoms with van der Waals surface area (Å²) in [7, 11) is 1.63. The van der Waals surface area contributed by atoms with E-state index in [1.807, 2.05) is 31.2 Å². The Morgan fingerprint density at radius 3 is 2.53 bits per heavy atom. The molecule has 0 amide bonds. The first-order valence-electron chi connectivity index (χ1n) is 5.97. The van der Waals surface area contributed by atoms with Gasteiger partial charge in [0.15, 0.2) is 0 Å². The molecule has 0 N–H and O–H groups in total. The molecule has 1 aromatic carbocycles. The first-order chi connectivity index (χ1) is 9.19. The fraction of sp³-hybridized carbons (Fsp3) is 0.133. The van der Waals surface area contributed by atoms with Gasteiger partial charge in [-0.1, -0.05) is 0 Å². The van der Waals surface area contributed by atoms with Crippen LogP contribution < -0.4 is 4.74 Å². The zero-order valence-electron chi connectivity index (χ0n) is 10.7. The number of pyridine rings is 1. The summed E-state index contributed by atoms with van der Waals surface area (Å²) in [5, 5.41) is 0. The molecule has 3 aromatic rings. The van der Waals surface area contributed by atoms with Crippen LogP contribution in [0, 0.1) is 12.7 Å². The molecular formula is C15H13FN2O. The summed E-state index contributed by atoms with van der Waals surface area (Å²) in [6.45, 7) is 1.92. The van der Waals surface area contributed by atoms with E-state index in [1.165, 1.54) is 12.3 Å². The molecule has 3 nitrogen and oxygen atoms in total. The zero-order valence-corrected chi connectivity index (χ0v) is 10.7. The second kappa shape index (κ2) is 4.39. The van der Waals surface area contributed by atoms with Crippen molar-refractivity contribution in [2.24, 2.45) is 0 Å². The minimum atomic E-state index is -0.278. The van der Waals surface area contributed by atoms with Gasteiger partial charge in [-0.05, 0) is 43.3 Å². The van der Waals surface area contributed by atoms with Crippen LogP contribution in [0.25, 0.3) is 16.9 Å². The molecular weight excluding hydrogens is 243 g/mol. The van der Waals surface area contributed by atoms with Crippen LogP contribution in [0.1, 0.15) is 5.69 Å². The maximum absolute atomic E-state index is 13.4. The van der Waals surface area contributed by atoms with Crippen molar-refractivity contribution in [3.05, 3.63) is 54.1 Å². The molecule has 0 aliphatic carbocycles. The van der Waals surface area contributed by atoms with E-state index < -0.39 is 0 Å². The number of halogens is 1. The van der Waals surface area contributed by atoms with Crippen molar-refractivity contribution in [1.29, 1.82) is 0 Å². The molecule has 0 bridgehead atoms. The Kier molecular flexibility index (Phi) is 2.71. The normalized spacial score (nSPS) is 10.9. The number of benzene rings is 1. The fourth-order valence-corrected chi connectivity index (χ4v) is 2.23. The van der Waals surface area contributed by atoms with Gasteiger partial charge in [-0.15, -0.1) is 0 Å². The Morgan fingerprint density at radius 2 is 1.84 bits per heavy atom. The highest BCUT2D eigenvalue weighted by Crippen LogP contribution is 2.26. The Morgan fingerprint density at radius 1 is 1.11 bits per heavy atom. The van der Waals surface area contributed by atoms with Crippen molar-refractivity contribution in [3.63, 3.8) is 0 Å². The SMILES string of the molecule is COc1ccc(-c2c(C)nc3ccc(F)cn23)cc1. The predicted molar refractivity (Wildman–Crippen MR) is 71.9 cm³/mol. The molecule has 19 heavy (non-hydrogen) atoms. The van der Waals surface area contributed by atoms with E-state index in [2.05, 4.69) is 4.98 Å². The summed E-state index contributed by atoms with van der Waals surface area (Å²) in [6, 6.07) is 10.7. The highest BCUT2D eigenvalue weighted by atomic mass is 19.1. The molecule has 2 aromatic heterocycles. The maximum Gasteiger partial charge on any atom is 0.139 e. The van der Waals surface area contributed by atoms with Crippen LogP contribution in [0.5, 0.6) is 5.75 Å². The monoisotopic (exact) mass is 256 g/mol. The highest BCUT2D eigenvalue weighted by Gasteiger charge is 2.11. The third-order valence-electron chi connectivity index (χ3n) is 3.12. The first-order valence-corrected chi connectivity index (χ1v) is 5.97. The number of fused-ring (bicyclic) bond motifs is 1. The second-order valence-electron chi connectivity index (χ2n) is 4.35. The molecule has 0 fully saturated rings. The van der Waals surface area contributed by atoms with Gasteiger partial charge in [-0.25, -0.2) is 9.37 Å². The predicted octanol–water partition coefficient (Wildman–Crippen LogP) is 3.46. The number of aryl methyl sites for hydroxylation is 1. The van der Waals surface area contributed by atoms with Gasteiger partial charge in [0.2, 0.25) is 0 Å². The third-order valence-corrected chi connectivity index (χ3v) is 3.12. The van der Waals surface area contributed by atoms with Crippen LogP contribution in [0.3, 0.4) is 0 Å². The lowest BCUT2D eigenvalue weighted by Gasteiger charge is -2.05. The van der Waals surface area contributed by atoms with Crippen molar-refractivity contribution in [2.45, 2.75) is 6.92 Å². The fourth-order valence-electron chi connectivity index (χ4n) is 2.23. The lowest BCUT2D eigenvalue weighted by atomic mass is 10.1. The largest absolute Gasteiger partial charge is 0.497 e. The third kappa shape index (κ3) is 1.95. The highest BCUT2D eigenvalue weighted by molar-refractivity contribution is 5.67. The van der Waals surface area contributed by atoms with Crippen LogP contribution in [0.15, 0.2) is 42.6 Å². The standard InChI is InChI=1S/C15H13FN2O/c1-10-15(11-3-6-13(19-2)7-4-11)18-9-12(16)5-8-14(18)17-10/h3-9H,1-2H3. The van der Waals surface area contributed by atoms with Crippen LogP contribution in [0.4, 0.5) is 4.39 Å². The van der Waals surface area contributed by atoms with Gasteiger partial charge in [0.1, 0.15) is 17.2 Å². The van der Waals surface area contributed by atoms with Crippen molar-refractivity contribution >= 4 is 5.65 Å². The summed E-state index contributed by atoms with van der Waals surface area (Å²) >= 11 is 0. The quantitative estimate of drug-likeness (QED) is 0.702. The smallest absolute Gasteiger partial charge is 0.139 e. The van der Waals surface area contributed by atoms with E-state index in [0.29, 0.717) is 0 Å². The number of methoxy groups -OCH3 is 1. The van der Waals surface area contributed by atoms with Crippen molar-refractivity contribution < 1.29 is 9.13 Å². The summed E-state index contributed by atoms with van der Waals surface area (Å²) in [5.41, 5.74) is 3.49. The van der Waals surface area contributed by atoms with E-state index in [-0.39, 0.29) is 5.82 Å². The zero-order chi connectivity index (χ0) is 13.4. The Hall–Kier alpha value is -2.36. The summed E-state index contributed by atoms with van der Waals surface area (Å²) in [6.07, 6.45) is 1.45. The van der Waals surface area contributed by atoms with Crippen LogP contribution in [-0.2, 0) is 0 Å². The van der Waals surface area contributed by atoms with E-state index in [9.17, 15) is 4.39 Å². The molecule has 4 heteroatoms. The summed E-state index contributed by atoms with van der Waals surface area (Å²) in [4.78, 5) is 4.44. The molecule has 0 saturated heterocycles. The van der Waals surface area contributed by atoms with Gasteiger partial charge >= 0.3 is 0 Å². The van der Waals surface area contributed by atoms with Gasteiger partial charge in [-0.3, -0.25) is 4.40 Å². The molecule has 3 rings (SSSR count). The summed E-state index contributed by atoms with van der Waals surface area (Å²) in [5.74, 6) is 0.515. The molecule has 2 heterocycles. The van der Waals surface area contributed by atoms with Gasteiger partial charge in [0.05, 0.1) is 18.5 Å². The molecule has 0 spiro atoms. The number of rotatable bonds is 2. The number of hydrogen-bond acceptors (Lipinski definition) is 2. The van der Waals surface area contributed by atoms with E-state index >= 15 is 0 Å². The molecule has 96 valence electrons. The van der Waals surface area contributed by atoms with E-state index in [4.69, 9.17) is 4.74 Å². The lowest BCUT2D eigenvalue weighted by Crippen LogP contribution is -1.91. The van der Waals surface area contributed by atoms with Gasteiger partial charge < -0.3 is 4.74 Å². The Balaban J connectivity index is 2.22. The van der Waals surface area contributed by atoms with Crippen molar-refractivity contribution in [3.8, 4) is 17.0 Å². The molecule has 0 radical (unpaired) electrons. The van der Waals surface area contributed by atoms with Crippen LogP contribution >= 0.6 is 0 Å². The van der Waals surface area contributed by atoms with Gasteiger partial charge in [0, 0.05) is 11.8 Å².